The number of ether oxygens (including phenoxy) is 2. The van der Waals surface area contributed by atoms with Crippen LogP contribution in [0.1, 0.15) is 5.56 Å². The fraction of sp³-hybridized carbons (Fsp3) is 0.375. The number of nitrogens with one attached hydrogen (secondary N) is 1. The van der Waals surface area contributed by atoms with Gasteiger partial charge >= 0.3 is 12.0 Å². The number of methoxy groups -OCH3 is 1. The number of hydrogen-bond acceptors (Lipinski definition) is 6. The number of hydrogen-bond donors (Lipinski definition) is 1. The van der Waals surface area contributed by atoms with Crippen LogP contribution in [0.3, 0.4) is 0 Å². The van der Waals surface area contributed by atoms with Gasteiger partial charge in [-0.1, -0.05) is 6.07 Å². The van der Waals surface area contributed by atoms with Crippen LogP contribution in [0.4, 0.5) is 10.5 Å². The first-order chi connectivity index (χ1) is 11.8. The summed E-state index contributed by atoms with van der Waals surface area (Å²) in [4.78, 5) is 48.9. The van der Waals surface area contributed by atoms with Gasteiger partial charge in [-0.25, -0.2) is 4.79 Å². The second-order valence-corrected chi connectivity index (χ2v) is 5.53. The van der Waals surface area contributed by atoms with Crippen molar-refractivity contribution in [3.63, 3.8) is 0 Å². The van der Waals surface area contributed by atoms with Gasteiger partial charge < -0.3 is 19.7 Å². The van der Waals surface area contributed by atoms with Crippen molar-refractivity contribution < 1.29 is 28.7 Å². The second-order valence-electron chi connectivity index (χ2n) is 5.53. The number of rotatable bonds is 6. The van der Waals surface area contributed by atoms with E-state index in [1.54, 1.807) is 12.1 Å². The Kier molecular flexibility index (Phi) is 5.58. The first-order valence-corrected chi connectivity index (χ1v) is 7.47. The van der Waals surface area contributed by atoms with Crippen LogP contribution in [0.2, 0.25) is 0 Å². The quantitative estimate of drug-likeness (QED) is 0.588. The van der Waals surface area contributed by atoms with Crippen LogP contribution in [0.5, 0.6) is 5.75 Å². The number of aryl methyl sites for hydroxylation is 1. The van der Waals surface area contributed by atoms with Crippen LogP contribution in [-0.2, 0) is 19.1 Å². The van der Waals surface area contributed by atoms with E-state index in [9.17, 15) is 19.2 Å². The predicted molar refractivity (Wildman–Crippen MR) is 87.1 cm³/mol. The number of nitrogens with zero attached hydrogens (tertiary/aromatic N) is 2. The fourth-order valence-corrected chi connectivity index (χ4v) is 2.25. The molecule has 9 heteroatoms. The number of amides is 4. The van der Waals surface area contributed by atoms with E-state index in [0.717, 1.165) is 10.5 Å². The number of anilines is 1. The van der Waals surface area contributed by atoms with E-state index in [0.29, 0.717) is 11.4 Å². The maximum absolute atomic E-state index is 11.9. The molecule has 1 aliphatic heterocycles. The average molecular weight is 349 g/mol. The lowest BCUT2D eigenvalue weighted by Gasteiger charge is -2.14. The Bertz CT molecular complexity index is 718. The third-order valence-corrected chi connectivity index (χ3v) is 3.51. The van der Waals surface area contributed by atoms with Crippen molar-refractivity contribution in [1.29, 1.82) is 0 Å². The largest absolute Gasteiger partial charge is 0.495 e. The Balaban J connectivity index is 1.86. The number of imide groups is 1. The van der Waals surface area contributed by atoms with Crippen molar-refractivity contribution in [3.05, 3.63) is 23.8 Å². The van der Waals surface area contributed by atoms with Gasteiger partial charge in [-0.05, 0) is 24.6 Å². The molecular weight excluding hydrogens is 330 g/mol. The van der Waals surface area contributed by atoms with E-state index < -0.39 is 37.0 Å². The topological polar surface area (TPSA) is 105 Å². The number of esters is 1. The third-order valence-electron chi connectivity index (χ3n) is 3.51. The van der Waals surface area contributed by atoms with E-state index in [1.165, 1.54) is 19.1 Å². The maximum atomic E-state index is 11.9. The van der Waals surface area contributed by atoms with E-state index >= 15 is 0 Å². The van der Waals surface area contributed by atoms with Crippen molar-refractivity contribution in [3.8, 4) is 5.75 Å². The first kappa shape index (κ1) is 18.2. The Morgan fingerprint density at radius 3 is 2.60 bits per heavy atom. The molecule has 2 rings (SSSR count). The normalized spacial score (nSPS) is 13.9. The molecule has 134 valence electrons. The molecule has 0 radical (unpaired) electrons. The first-order valence-electron chi connectivity index (χ1n) is 7.47. The Morgan fingerprint density at radius 2 is 2.00 bits per heavy atom. The number of carbonyl (C=O) groups is 4. The zero-order chi connectivity index (χ0) is 18.6. The molecule has 4 amide bonds. The molecule has 1 aromatic carbocycles. The summed E-state index contributed by atoms with van der Waals surface area (Å²) >= 11 is 0. The smallest absolute Gasteiger partial charge is 0.327 e. The van der Waals surface area contributed by atoms with Crippen molar-refractivity contribution in [2.75, 3.05) is 39.2 Å². The highest BCUT2D eigenvalue weighted by molar-refractivity contribution is 6.04. The zero-order valence-electron chi connectivity index (χ0n) is 14.2. The third kappa shape index (κ3) is 4.46. The molecule has 0 spiro atoms. The average Bonchev–Trinajstić information content (AvgIpc) is 2.79. The van der Waals surface area contributed by atoms with Crippen molar-refractivity contribution >= 4 is 29.5 Å². The summed E-state index contributed by atoms with van der Waals surface area (Å²) in [5.74, 6) is -1.42. The van der Waals surface area contributed by atoms with Crippen LogP contribution in [-0.4, -0.2) is 67.5 Å². The molecule has 1 saturated heterocycles. The molecule has 0 atom stereocenters. The number of carbonyl (C=O) groups excluding carboxylic acids is 4. The minimum atomic E-state index is -0.844. The number of likely N-dealkylation sites (N-methyl/N-ethyl adjacent to an activating group) is 1. The summed E-state index contributed by atoms with van der Waals surface area (Å²) in [5.41, 5.74) is 1.37. The Labute approximate surface area is 144 Å². The lowest BCUT2D eigenvalue weighted by Crippen LogP contribution is -2.37. The fourth-order valence-electron chi connectivity index (χ4n) is 2.25. The van der Waals surface area contributed by atoms with E-state index in [1.807, 2.05) is 13.0 Å². The highest BCUT2D eigenvalue weighted by Gasteiger charge is 2.35. The summed E-state index contributed by atoms with van der Waals surface area (Å²) in [6, 6.07) is 4.68. The molecule has 0 aromatic heterocycles. The van der Waals surface area contributed by atoms with Crippen LogP contribution in [0.25, 0.3) is 0 Å². The van der Waals surface area contributed by atoms with Crippen LogP contribution >= 0.6 is 0 Å². The van der Waals surface area contributed by atoms with E-state index in [2.05, 4.69) is 5.32 Å². The molecule has 0 bridgehead atoms. The van der Waals surface area contributed by atoms with Crippen molar-refractivity contribution in [1.82, 2.24) is 9.80 Å². The Hall–Kier alpha value is -3.10. The highest BCUT2D eigenvalue weighted by Crippen LogP contribution is 2.25. The molecule has 0 saturated carbocycles. The van der Waals surface area contributed by atoms with Crippen molar-refractivity contribution in [2.24, 2.45) is 0 Å². The van der Waals surface area contributed by atoms with Gasteiger partial charge in [0, 0.05) is 7.05 Å². The van der Waals surface area contributed by atoms with Gasteiger partial charge in [-0.15, -0.1) is 0 Å². The molecule has 1 N–H and O–H groups in total. The molecule has 1 aromatic rings. The van der Waals surface area contributed by atoms with Crippen LogP contribution in [0, 0.1) is 6.92 Å². The highest BCUT2D eigenvalue weighted by atomic mass is 16.5. The molecule has 1 aliphatic rings. The lowest BCUT2D eigenvalue weighted by molar-refractivity contribution is -0.149. The summed E-state index contributed by atoms with van der Waals surface area (Å²) in [7, 11) is 2.93. The summed E-state index contributed by atoms with van der Waals surface area (Å²) in [5, 5.41) is 2.58. The summed E-state index contributed by atoms with van der Waals surface area (Å²) < 4.78 is 9.96. The molecule has 1 heterocycles. The SMILES string of the molecule is COc1ccc(C)cc1NC(=O)COC(=O)CN1C(=O)CN(C)C1=O. The van der Waals surface area contributed by atoms with Crippen molar-refractivity contribution in [2.45, 2.75) is 6.92 Å². The number of urea groups is 1. The molecule has 9 nitrogen and oxygen atoms in total. The van der Waals surface area contributed by atoms with E-state index in [4.69, 9.17) is 9.47 Å². The standard InChI is InChI=1S/C16H19N3O6/c1-10-4-5-12(24-3)11(6-10)17-13(20)9-25-15(22)8-19-14(21)7-18(2)16(19)23/h4-6H,7-9H2,1-3H3,(H,17,20). The maximum Gasteiger partial charge on any atom is 0.327 e. The van der Waals surface area contributed by atoms with Gasteiger partial charge in [0.25, 0.3) is 11.8 Å². The van der Waals surface area contributed by atoms with Gasteiger partial charge in [-0.3, -0.25) is 19.3 Å². The molecule has 25 heavy (non-hydrogen) atoms. The van der Waals surface area contributed by atoms with E-state index in [-0.39, 0.29) is 6.54 Å². The predicted octanol–water partition coefficient (Wildman–Crippen LogP) is 0.379. The lowest BCUT2D eigenvalue weighted by atomic mass is 10.2. The minimum Gasteiger partial charge on any atom is -0.495 e. The van der Waals surface area contributed by atoms with Gasteiger partial charge in [-0.2, -0.15) is 0 Å². The van der Waals surface area contributed by atoms with Gasteiger partial charge in [0.2, 0.25) is 0 Å². The number of benzene rings is 1. The monoisotopic (exact) mass is 349 g/mol. The van der Waals surface area contributed by atoms with Gasteiger partial charge in [0.05, 0.1) is 12.8 Å². The Morgan fingerprint density at radius 1 is 1.28 bits per heavy atom. The minimum absolute atomic E-state index is 0.0836. The molecule has 0 unspecified atom stereocenters. The van der Waals surface area contributed by atoms with Gasteiger partial charge in [0.15, 0.2) is 6.61 Å². The molecule has 0 aliphatic carbocycles. The zero-order valence-corrected chi connectivity index (χ0v) is 14.2. The summed E-state index contributed by atoms with van der Waals surface area (Å²) in [6.45, 7) is 0.709. The molecule has 1 fully saturated rings. The van der Waals surface area contributed by atoms with Crippen LogP contribution in [0.15, 0.2) is 18.2 Å². The van der Waals surface area contributed by atoms with Crippen LogP contribution < -0.4 is 10.1 Å². The summed E-state index contributed by atoms with van der Waals surface area (Å²) in [6.07, 6.45) is 0. The second kappa shape index (κ2) is 7.65. The molecular formula is C16H19N3O6. The van der Waals surface area contributed by atoms with Gasteiger partial charge in [0.1, 0.15) is 18.8 Å².